The topological polar surface area (TPSA) is 106 Å². The second-order valence-corrected chi connectivity index (χ2v) is 5.09. The van der Waals surface area contributed by atoms with E-state index < -0.39 is 4.92 Å². The Morgan fingerprint density at radius 3 is 2.54 bits per heavy atom. The van der Waals surface area contributed by atoms with Crippen molar-refractivity contribution >= 4 is 23.5 Å². The molecule has 0 saturated carbocycles. The van der Waals surface area contributed by atoms with Crippen molar-refractivity contribution in [2.75, 3.05) is 36.6 Å². The lowest BCUT2D eigenvalue weighted by atomic mass is 10.2. The van der Waals surface area contributed by atoms with Gasteiger partial charge in [0, 0.05) is 25.2 Å². The number of hydrogen-bond donors (Lipinski definition) is 1. The van der Waals surface area contributed by atoms with Crippen molar-refractivity contribution in [1.29, 1.82) is 0 Å². The van der Waals surface area contributed by atoms with Crippen LogP contribution in [0.1, 0.15) is 5.56 Å². The standard InChI is InChI=1S/C15H16N6O3/c22-21(23)13-3-1-12(2-4-13)11-16-17-14-5-6-15(19-18-14)20-7-9-24-10-8-20/h1-6,11H,7-10H2,(H,17,18). The van der Waals surface area contributed by atoms with Crippen molar-refractivity contribution in [3.05, 3.63) is 52.1 Å². The van der Waals surface area contributed by atoms with Crippen LogP contribution in [0.15, 0.2) is 41.5 Å². The van der Waals surface area contributed by atoms with Crippen LogP contribution in [0.5, 0.6) is 0 Å². The fourth-order valence-corrected chi connectivity index (χ4v) is 2.20. The van der Waals surface area contributed by atoms with E-state index in [1.165, 1.54) is 12.1 Å². The highest BCUT2D eigenvalue weighted by molar-refractivity contribution is 5.80. The number of hydrazone groups is 1. The lowest BCUT2D eigenvalue weighted by Crippen LogP contribution is -2.36. The van der Waals surface area contributed by atoms with E-state index >= 15 is 0 Å². The Kier molecular flexibility index (Phi) is 4.92. The van der Waals surface area contributed by atoms with Gasteiger partial charge in [0.05, 0.1) is 24.4 Å². The third-order valence-electron chi connectivity index (χ3n) is 3.48. The van der Waals surface area contributed by atoms with Gasteiger partial charge in [0.25, 0.3) is 5.69 Å². The molecule has 1 aliphatic rings. The van der Waals surface area contributed by atoms with Crippen molar-refractivity contribution in [2.24, 2.45) is 5.10 Å². The molecule has 0 spiro atoms. The third kappa shape index (κ3) is 4.02. The van der Waals surface area contributed by atoms with E-state index in [4.69, 9.17) is 4.74 Å². The summed E-state index contributed by atoms with van der Waals surface area (Å²) in [6.07, 6.45) is 1.56. The molecule has 24 heavy (non-hydrogen) atoms. The minimum Gasteiger partial charge on any atom is -0.378 e. The van der Waals surface area contributed by atoms with Gasteiger partial charge >= 0.3 is 0 Å². The highest BCUT2D eigenvalue weighted by Crippen LogP contribution is 2.13. The highest BCUT2D eigenvalue weighted by Gasteiger charge is 2.12. The maximum absolute atomic E-state index is 10.6. The summed E-state index contributed by atoms with van der Waals surface area (Å²) in [7, 11) is 0. The maximum atomic E-state index is 10.6. The monoisotopic (exact) mass is 328 g/mol. The van der Waals surface area contributed by atoms with Crippen molar-refractivity contribution < 1.29 is 9.66 Å². The van der Waals surface area contributed by atoms with Crippen molar-refractivity contribution in [3.8, 4) is 0 Å². The minimum atomic E-state index is -0.440. The van der Waals surface area contributed by atoms with Crippen LogP contribution in [-0.2, 0) is 4.74 Å². The van der Waals surface area contributed by atoms with Crippen LogP contribution < -0.4 is 10.3 Å². The van der Waals surface area contributed by atoms with Crippen molar-refractivity contribution in [2.45, 2.75) is 0 Å². The number of morpholine rings is 1. The fourth-order valence-electron chi connectivity index (χ4n) is 2.20. The first kappa shape index (κ1) is 15.8. The minimum absolute atomic E-state index is 0.0460. The number of nitro benzene ring substituents is 1. The summed E-state index contributed by atoms with van der Waals surface area (Å²) in [5.41, 5.74) is 3.57. The molecule has 9 heteroatoms. The number of nitrogens with zero attached hydrogens (tertiary/aromatic N) is 5. The van der Waals surface area contributed by atoms with Crippen LogP contribution in [0, 0.1) is 10.1 Å². The number of aromatic nitrogens is 2. The molecule has 2 heterocycles. The Balaban J connectivity index is 1.56. The average Bonchev–Trinajstić information content (AvgIpc) is 2.63. The van der Waals surface area contributed by atoms with Crippen molar-refractivity contribution in [3.63, 3.8) is 0 Å². The van der Waals surface area contributed by atoms with E-state index in [2.05, 4.69) is 25.6 Å². The molecule has 0 unspecified atom stereocenters. The quantitative estimate of drug-likeness (QED) is 0.505. The van der Waals surface area contributed by atoms with E-state index in [0.29, 0.717) is 19.0 Å². The molecule has 1 saturated heterocycles. The number of non-ortho nitro benzene ring substituents is 1. The van der Waals surface area contributed by atoms with E-state index in [-0.39, 0.29) is 5.69 Å². The van der Waals surface area contributed by atoms with E-state index in [0.717, 1.165) is 24.5 Å². The molecule has 124 valence electrons. The molecule has 1 N–H and O–H groups in total. The number of benzene rings is 1. The zero-order valence-corrected chi connectivity index (χ0v) is 12.8. The molecule has 3 rings (SSSR count). The SMILES string of the molecule is O=[N+]([O-])c1ccc(C=NNc2ccc(N3CCOCC3)nn2)cc1. The molecule has 1 fully saturated rings. The normalized spacial score (nSPS) is 14.8. The summed E-state index contributed by atoms with van der Waals surface area (Å²) in [6, 6.07) is 9.77. The molecule has 1 aromatic heterocycles. The zero-order valence-electron chi connectivity index (χ0n) is 12.8. The number of rotatable bonds is 5. The van der Waals surface area contributed by atoms with E-state index in [1.807, 2.05) is 6.07 Å². The van der Waals surface area contributed by atoms with Crippen LogP contribution in [0.25, 0.3) is 0 Å². The Labute approximate surface area is 138 Å². The first-order valence-corrected chi connectivity index (χ1v) is 7.42. The number of anilines is 2. The largest absolute Gasteiger partial charge is 0.378 e. The molecule has 1 aliphatic heterocycles. The Morgan fingerprint density at radius 2 is 1.92 bits per heavy atom. The van der Waals surface area contributed by atoms with E-state index in [9.17, 15) is 10.1 Å². The van der Waals surface area contributed by atoms with Crippen LogP contribution in [0.4, 0.5) is 17.3 Å². The molecule has 0 bridgehead atoms. The highest BCUT2D eigenvalue weighted by atomic mass is 16.6. The summed E-state index contributed by atoms with van der Waals surface area (Å²) in [5, 5.41) is 22.9. The second kappa shape index (κ2) is 7.47. The summed E-state index contributed by atoms with van der Waals surface area (Å²) in [5.74, 6) is 1.33. The van der Waals surface area contributed by atoms with Crippen LogP contribution in [-0.4, -0.2) is 47.6 Å². The van der Waals surface area contributed by atoms with Gasteiger partial charge in [-0.1, -0.05) is 0 Å². The van der Waals surface area contributed by atoms with Crippen LogP contribution in [0.2, 0.25) is 0 Å². The van der Waals surface area contributed by atoms with Crippen molar-refractivity contribution in [1.82, 2.24) is 10.2 Å². The van der Waals surface area contributed by atoms with Crippen LogP contribution >= 0.6 is 0 Å². The lowest BCUT2D eigenvalue weighted by Gasteiger charge is -2.27. The number of nitrogens with one attached hydrogen (secondary N) is 1. The van der Waals surface area contributed by atoms with Gasteiger partial charge in [0.2, 0.25) is 0 Å². The maximum Gasteiger partial charge on any atom is 0.269 e. The van der Waals surface area contributed by atoms with Gasteiger partial charge in [-0.25, -0.2) is 0 Å². The first-order chi connectivity index (χ1) is 11.7. The molecule has 2 aromatic rings. The molecule has 9 nitrogen and oxygen atoms in total. The molecule has 0 atom stereocenters. The number of hydrogen-bond acceptors (Lipinski definition) is 8. The first-order valence-electron chi connectivity index (χ1n) is 7.42. The molecular weight excluding hydrogens is 312 g/mol. The van der Waals surface area contributed by atoms with Gasteiger partial charge in [-0.3, -0.25) is 15.5 Å². The predicted octanol–water partition coefficient (Wildman–Crippen LogP) is 1.67. The van der Waals surface area contributed by atoms with Gasteiger partial charge in [-0.05, 0) is 29.8 Å². The molecule has 0 radical (unpaired) electrons. The van der Waals surface area contributed by atoms with Crippen LogP contribution in [0.3, 0.4) is 0 Å². The average molecular weight is 328 g/mol. The van der Waals surface area contributed by atoms with Gasteiger partial charge < -0.3 is 9.64 Å². The molecule has 0 aliphatic carbocycles. The molecular formula is C15H16N6O3. The summed E-state index contributed by atoms with van der Waals surface area (Å²) in [4.78, 5) is 12.3. The summed E-state index contributed by atoms with van der Waals surface area (Å²) >= 11 is 0. The van der Waals surface area contributed by atoms with Gasteiger partial charge in [-0.15, -0.1) is 10.2 Å². The van der Waals surface area contributed by atoms with Gasteiger partial charge in [0.1, 0.15) is 0 Å². The third-order valence-corrected chi connectivity index (χ3v) is 3.48. The molecule has 0 amide bonds. The predicted molar refractivity (Wildman–Crippen MR) is 89.4 cm³/mol. The summed E-state index contributed by atoms with van der Waals surface area (Å²) < 4.78 is 5.30. The lowest BCUT2D eigenvalue weighted by molar-refractivity contribution is -0.384. The van der Waals surface area contributed by atoms with E-state index in [1.54, 1.807) is 24.4 Å². The Bertz CT molecular complexity index is 711. The smallest absolute Gasteiger partial charge is 0.269 e. The molecule has 1 aromatic carbocycles. The number of ether oxygens (including phenoxy) is 1. The summed E-state index contributed by atoms with van der Waals surface area (Å²) in [6.45, 7) is 3.00. The fraction of sp³-hybridized carbons (Fsp3) is 0.267. The Morgan fingerprint density at radius 1 is 1.17 bits per heavy atom. The Hall–Kier alpha value is -3.07. The van der Waals surface area contributed by atoms with Gasteiger partial charge in [-0.2, -0.15) is 5.10 Å². The second-order valence-electron chi connectivity index (χ2n) is 5.09. The zero-order chi connectivity index (χ0) is 16.8. The number of nitro groups is 1. The van der Waals surface area contributed by atoms with Gasteiger partial charge in [0.15, 0.2) is 11.6 Å².